The third-order valence-corrected chi connectivity index (χ3v) is 5.20. The Balaban J connectivity index is 2.35. The molecule has 0 saturated carbocycles. The normalized spacial score (nSPS) is 12.2. The maximum Gasteiger partial charge on any atom is 0.262 e. The molecule has 0 radical (unpaired) electrons. The molecule has 2 rings (SSSR count). The molecule has 0 aliphatic heterocycles. The molecule has 0 spiro atoms. The topological polar surface area (TPSA) is 93.1 Å². The van der Waals surface area contributed by atoms with Crippen molar-refractivity contribution in [1.82, 2.24) is 20.2 Å². The second-order valence-electron chi connectivity index (χ2n) is 6.05. The van der Waals surface area contributed by atoms with Crippen LogP contribution in [0.1, 0.15) is 48.8 Å². The van der Waals surface area contributed by atoms with Gasteiger partial charge < -0.3 is 10.6 Å². The van der Waals surface area contributed by atoms with Crippen LogP contribution in [0.15, 0.2) is 11.1 Å². The number of thiophene rings is 1. The van der Waals surface area contributed by atoms with Crippen LogP contribution in [0.2, 0.25) is 0 Å². The number of carbonyl (C=O) groups excluding carboxylic acids is 2. The third kappa shape index (κ3) is 4.25. The van der Waals surface area contributed by atoms with E-state index in [9.17, 15) is 14.4 Å². The number of amides is 2. The van der Waals surface area contributed by atoms with Crippen molar-refractivity contribution in [1.29, 1.82) is 0 Å². The van der Waals surface area contributed by atoms with Gasteiger partial charge in [0, 0.05) is 12.6 Å². The van der Waals surface area contributed by atoms with Gasteiger partial charge in [0.05, 0.1) is 16.6 Å². The molecular weight excluding hydrogens is 340 g/mol. The predicted octanol–water partition coefficient (Wildman–Crippen LogP) is 1.82. The van der Waals surface area contributed by atoms with Crippen LogP contribution >= 0.6 is 11.3 Å². The summed E-state index contributed by atoms with van der Waals surface area (Å²) in [5.74, 6) is -0.422. The summed E-state index contributed by atoms with van der Waals surface area (Å²) in [6, 6.07) is 0.0593. The first kappa shape index (κ1) is 19.1. The van der Waals surface area contributed by atoms with Gasteiger partial charge >= 0.3 is 0 Å². The average molecular weight is 364 g/mol. The largest absolute Gasteiger partial charge is 0.355 e. The van der Waals surface area contributed by atoms with Gasteiger partial charge in [0.25, 0.3) is 11.5 Å². The highest BCUT2D eigenvalue weighted by Gasteiger charge is 2.20. The predicted molar refractivity (Wildman–Crippen MR) is 99.1 cm³/mol. The first-order chi connectivity index (χ1) is 11.9. The van der Waals surface area contributed by atoms with Crippen molar-refractivity contribution in [2.75, 3.05) is 6.54 Å². The molecule has 136 valence electrons. The number of hydrogen-bond acceptors (Lipinski definition) is 5. The summed E-state index contributed by atoms with van der Waals surface area (Å²) in [6.07, 6.45) is 3.02. The highest BCUT2D eigenvalue weighted by Crippen LogP contribution is 2.26. The number of aryl methyl sites for hydroxylation is 1. The Morgan fingerprint density at radius 1 is 1.36 bits per heavy atom. The first-order valence-electron chi connectivity index (χ1n) is 8.45. The van der Waals surface area contributed by atoms with Gasteiger partial charge in [-0.1, -0.05) is 13.8 Å². The maximum absolute atomic E-state index is 12.7. The van der Waals surface area contributed by atoms with Gasteiger partial charge in [-0.3, -0.25) is 19.0 Å². The Hall–Kier alpha value is -2.22. The van der Waals surface area contributed by atoms with E-state index < -0.39 is 0 Å². The molecule has 2 amide bonds. The summed E-state index contributed by atoms with van der Waals surface area (Å²) in [6.45, 7) is 8.12. The fourth-order valence-electron chi connectivity index (χ4n) is 2.35. The first-order valence-corrected chi connectivity index (χ1v) is 9.26. The van der Waals surface area contributed by atoms with Gasteiger partial charge in [0.2, 0.25) is 5.91 Å². The molecule has 0 bridgehead atoms. The van der Waals surface area contributed by atoms with Crippen molar-refractivity contribution >= 4 is 33.4 Å². The molecule has 7 nitrogen and oxygen atoms in total. The van der Waals surface area contributed by atoms with Gasteiger partial charge in [-0.2, -0.15) is 0 Å². The average Bonchev–Trinajstić information content (AvgIpc) is 2.93. The number of nitrogens with zero attached hydrogens (tertiary/aromatic N) is 2. The summed E-state index contributed by atoms with van der Waals surface area (Å²) in [4.78, 5) is 42.2. The maximum atomic E-state index is 12.7. The molecule has 0 aromatic carbocycles. The lowest BCUT2D eigenvalue weighted by molar-refractivity contribution is -0.121. The molecule has 0 fully saturated rings. The fraction of sp³-hybridized carbons (Fsp3) is 0.529. The molecule has 2 aromatic rings. The van der Waals surface area contributed by atoms with Crippen molar-refractivity contribution in [3.8, 4) is 0 Å². The minimum Gasteiger partial charge on any atom is -0.355 e. The number of rotatable bonds is 7. The standard InChI is InChI=1S/C17H24N4O3S/c1-5-7-18-12(22)8-21-9-19-16-13(17(21)24)11(4)14(25-16)15(23)20-10(3)6-2/h9-10H,5-8H2,1-4H3,(H,18,22)(H,20,23)/t10-/m0/s1. The Morgan fingerprint density at radius 2 is 2.08 bits per heavy atom. The summed E-state index contributed by atoms with van der Waals surface area (Å²) in [5.41, 5.74) is 0.314. The van der Waals surface area contributed by atoms with Gasteiger partial charge in [-0.15, -0.1) is 11.3 Å². The Bertz CT molecular complexity index is 840. The molecule has 2 heterocycles. The van der Waals surface area contributed by atoms with Crippen molar-refractivity contribution < 1.29 is 9.59 Å². The number of carbonyl (C=O) groups is 2. The van der Waals surface area contributed by atoms with Crippen LogP contribution in [-0.4, -0.2) is 34.0 Å². The van der Waals surface area contributed by atoms with E-state index in [0.29, 0.717) is 27.2 Å². The zero-order valence-electron chi connectivity index (χ0n) is 15.0. The summed E-state index contributed by atoms with van der Waals surface area (Å²) in [7, 11) is 0. The smallest absolute Gasteiger partial charge is 0.262 e. The van der Waals surface area contributed by atoms with E-state index in [1.807, 2.05) is 20.8 Å². The van der Waals surface area contributed by atoms with E-state index in [2.05, 4.69) is 15.6 Å². The number of nitrogens with one attached hydrogen (secondary N) is 2. The van der Waals surface area contributed by atoms with Crippen LogP contribution in [0.25, 0.3) is 10.2 Å². The monoisotopic (exact) mass is 364 g/mol. The van der Waals surface area contributed by atoms with Gasteiger partial charge in [0.15, 0.2) is 0 Å². The van der Waals surface area contributed by atoms with Gasteiger partial charge in [-0.05, 0) is 32.3 Å². The quantitative estimate of drug-likeness (QED) is 0.784. The Labute approximate surface area is 150 Å². The van der Waals surface area contributed by atoms with E-state index in [1.165, 1.54) is 22.2 Å². The fourth-order valence-corrected chi connectivity index (χ4v) is 3.40. The van der Waals surface area contributed by atoms with E-state index >= 15 is 0 Å². The zero-order valence-corrected chi connectivity index (χ0v) is 15.8. The number of aromatic nitrogens is 2. The molecule has 0 aliphatic rings. The second kappa shape index (κ2) is 8.24. The van der Waals surface area contributed by atoms with Gasteiger partial charge in [0.1, 0.15) is 11.4 Å². The van der Waals surface area contributed by atoms with E-state index in [-0.39, 0.29) is 30.0 Å². The SMILES string of the molecule is CCCNC(=O)Cn1cnc2sc(C(=O)N[C@@H](C)CC)c(C)c2c1=O. The van der Waals surface area contributed by atoms with Crippen LogP contribution in [-0.2, 0) is 11.3 Å². The minimum absolute atomic E-state index is 0.0593. The number of hydrogen-bond donors (Lipinski definition) is 2. The van der Waals surface area contributed by atoms with Crippen molar-refractivity contribution in [3.05, 3.63) is 27.1 Å². The highest BCUT2D eigenvalue weighted by molar-refractivity contribution is 7.20. The summed E-state index contributed by atoms with van der Waals surface area (Å²) < 4.78 is 1.28. The van der Waals surface area contributed by atoms with Crippen molar-refractivity contribution in [2.24, 2.45) is 0 Å². The minimum atomic E-state index is -0.298. The molecule has 0 saturated heterocycles. The van der Waals surface area contributed by atoms with Crippen LogP contribution in [0.4, 0.5) is 0 Å². The van der Waals surface area contributed by atoms with E-state index in [1.54, 1.807) is 6.92 Å². The van der Waals surface area contributed by atoms with Crippen LogP contribution in [0.5, 0.6) is 0 Å². The van der Waals surface area contributed by atoms with Crippen LogP contribution < -0.4 is 16.2 Å². The molecular formula is C17H24N4O3S. The molecule has 8 heteroatoms. The van der Waals surface area contributed by atoms with Crippen molar-refractivity contribution in [3.63, 3.8) is 0 Å². The third-order valence-electron chi connectivity index (χ3n) is 4.00. The lowest BCUT2D eigenvalue weighted by Crippen LogP contribution is -2.33. The molecule has 25 heavy (non-hydrogen) atoms. The second-order valence-corrected chi connectivity index (χ2v) is 7.05. The Kier molecular flexibility index (Phi) is 6.30. The summed E-state index contributed by atoms with van der Waals surface area (Å²) in [5, 5.41) is 6.05. The molecule has 2 aromatic heterocycles. The lowest BCUT2D eigenvalue weighted by atomic mass is 10.2. The van der Waals surface area contributed by atoms with Gasteiger partial charge in [-0.25, -0.2) is 4.98 Å². The highest BCUT2D eigenvalue weighted by atomic mass is 32.1. The van der Waals surface area contributed by atoms with Crippen LogP contribution in [0.3, 0.4) is 0 Å². The number of fused-ring (bicyclic) bond motifs is 1. The van der Waals surface area contributed by atoms with E-state index in [0.717, 1.165) is 12.8 Å². The van der Waals surface area contributed by atoms with Crippen LogP contribution in [0, 0.1) is 6.92 Å². The zero-order chi connectivity index (χ0) is 18.6. The van der Waals surface area contributed by atoms with Crippen molar-refractivity contribution in [2.45, 2.75) is 53.1 Å². The lowest BCUT2D eigenvalue weighted by Gasteiger charge is -2.10. The molecule has 0 unspecified atom stereocenters. The summed E-state index contributed by atoms with van der Waals surface area (Å²) >= 11 is 1.20. The van der Waals surface area contributed by atoms with E-state index in [4.69, 9.17) is 0 Å². The molecule has 0 aliphatic carbocycles. The molecule has 1 atom stereocenters. The Morgan fingerprint density at radius 3 is 2.72 bits per heavy atom. The molecule has 2 N–H and O–H groups in total.